The molecule has 1 aromatic carbocycles. The van der Waals surface area contributed by atoms with Gasteiger partial charge in [-0.3, -0.25) is 0 Å². The number of fused-ring (bicyclic) bond motifs is 1. The lowest BCUT2D eigenvalue weighted by Gasteiger charge is -2.03. The molecule has 0 saturated carbocycles. The van der Waals surface area contributed by atoms with Crippen molar-refractivity contribution in [1.82, 2.24) is 9.97 Å². The van der Waals surface area contributed by atoms with Crippen LogP contribution in [-0.2, 0) is 6.42 Å². The van der Waals surface area contributed by atoms with Crippen LogP contribution in [0.15, 0.2) is 40.3 Å². The van der Waals surface area contributed by atoms with Gasteiger partial charge in [0, 0.05) is 20.2 Å². The summed E-state index contributed by atoms with van der Waals surface area (Å²) in [6, 6.07) is 9.85. The van der Waals surface area contributed by atoms with E-state index in [0.29, 0.717) is 5.95 Å². The van der Waals surface area contributed by atoms with Crippen molar-refractivity contribution >= 4 is 50.9 Å². The van der Waals surface area contributed by atoms with Crippen LogP contribution in [0.4, 0.5) is 5.95 Å². The number of aryl methyl sites for hydroxylation is 1. The molecule has 0 saturated heterocycles. The van der Waals surface area contributed by atoms with Gasteiger partial charge in [-0.1, -0.05) is 30.3 Å². The van der Waals surface area contributed by atoms with Crippen molar-refractivity contribution in [2.45, 2.75) is 23.3 Å². The largest absolute Gasteiger partial charge is 0.368 e. The minimum Gasteiger partial charge on any atom is -0.368 e. The standard InChI is InChI=1S/C14H12ClN3S2/c1-2-9-7-11-12(19-9)17-14(16)18-13(11)20-10-5-3-8(15)4-6-10/h3-7H,2H2,1H3,(H2,16,17,18). The fraction of sp³-hybridized carbons (Fsp3) is 0.143. The molecule has 2 aromatic heterocycles. The molecule has 0 atom stereocenters. The molecule has 0 spiro atoms. The van der Waals surface area contributed by atoms with Crippen LogP contribution in [0.3, 0.4) is 0 Å². The monoisotopic (exact) mass is 321 g/mol. The van der Waals surface area contributed by atoms with E-state index in [1.165, 1.54) is 4.88 Å². The van der Waals surface area contributed by atoms with Crippen LogP contribution in [0.2, 0.25) is 5.02 Å². The molecule has 0 fully saturated rings. The number of anilines is 1. The van der Waals surface area contributed by atoms with Crippen LogP contribution in [0.5, 0.6) is 0 Å². The summed E-state index contributed by atoms with van der Waals surface area (Å²) >= 11 is 9.16. The van der Waals surface area contributed by atoms with Crippen molar-refractivity contribution in [2.24, 2.45) is 0 Å². The van der Waals surface area contributed by atoms with Gasteiger partial charge in [-0.25, -0.2) is 9.97 Å². The summed E-state index contributed by atoms with van der Waals surface area (Å²) in [6.45, 7) is 2.13. The Bertz CT molecular complexity index is 753. The van der Waals surface area contributed by atoms with Crippen LogP contribution in [0, 0.1) is 0 Å². The summed E-state index contributed by atoms with van der Waals surface area (Å²) in [5.41, 5.74) is 5.80. The predicted molar refractivity (Wildman–Crippen MR) is 86.8 cm³/mol. The zero-order valence-electron chi connectivity index (χ0n) is 10.8. The Kier molecular flexibility index (Phi) is 3.83. The minimum atomic E-state index is 0.318. The maximum absolute atomic E-state index is 5.90. The van der Waals surface area contributed by atoms with E-state index < -0.39 is 0 Å². The predicted octanol–water partition coefficient (Wildman–Crippen LogP) is 4.64. The van der Waals surface area contributed by atoms with Gasteiger partial charge in [0.15, 0.2) is 0 Å². The van der Waals surface area contributed by atoms with Crippen LogP contribution < -0.4 is 5.73 Å². The van der Waals surface area contributed by atoms with Gasteiger partial charge in [0.1, 0.15) is 9.86 Å². The molecule has 2 N–H and O–H groups in total. The average molecular weight is 322 g/mol. The molecular formula is C14H12ClN3S2. The molecule has 0 aliphatic carbocycles. The Hall–Kier alpha value is -1.30. The summed E-state index contributed by atoms with van der Waals surface area (Å²) in [5, 5.41) is 2.69. The van der Waals surface area contributed by atoms with Crippen LogP contribution in [0.25, 0.3) is 10.2 Å². The van der Waals surface area contributed by atoms with Gasteiger partial charge in [0.25, 0.3) is 0 Å². The number of aromatic nitrogens is 2. The maximum Gasteiger partial charge on any atom is 0.222 e. The zero-order valence-corrected chi connectivity index (χ0v) is 13.1. The number of rotatable bonds is 3. The third-order valence-corrected chi connectivity index (χ3v) is 5.24. The highest BCUT2D eigenvalue weighted by atomic mass is 35.5. The van der Waals surface area contributed by atoms with Crippen molar-refractivity contribution in [3.05, 3.63) is 40.2 Å². The summed E-state index contributed by atoms with van der Waals surface area (Å²) in [6.07, 6.45) is 0.992. The van der Waals surface area contributed by atoms with E-state index in [0.717, 1.165) is 31.6 Å². The Labute approximate surface area is 130 Å². The van der Waals surface area contributed by atoms with E-state index in [2.05, 4.69) is 23.0 Å². The number of halogens is 1. The van der Waals surface area contributed by atoms with Crippen molar-refractivity contribution in [3.63, 3.8) is 0 Å². The second-order valence-electron chi connectivity index (χ2n) is 4.23. The molecule has 102 valence electrons. The zero-order chi connectivity index (χ0) is 14.1. The van der Waals surface area contributed by atoms with E-state index in [1.807, 2.05) is 24.3 Å². The van der Waals surface area contributed by atoms with Crippen LogP contribution in [0.1, 0.15) is 11.8 Å². The van der Waals surface area contributed by atoms with Crippen LogP contribution >= 0.6 is 34.7 Å². The molecule has 0 aliphatic heterocycles. The number of thiophene rings is 1. The molecular weight excluding hydrogens is 310 g/mol. The lowest BCUT2D eigenvalue weighted by Crippen LogP contribution is -1.95. The van der Waals surface area contributed by atoms with Gasteiger partial charge in [-0.15, -0.1) is 11.3 Å². The average Bonchev–Trinajstić information content (AvgIpc) is 2.84. The number of nitrogens with two attached hydrogens (primary N) is 1. The van der Waals surface area contributed by atoms with E-state index in [1.54, 1.807) is 23.1 Å². The number of nitrogens with zero attached hydrogens (tertiary/aromatic N) is 2. The quantitative estimate of drug-likeness (QED) is 0.714. The first-order valence-electron chi connectivity index (χ1n) is 6.15. The van der Waals surface area contributed by atoms with Crippen molar-refractivity contribution in [1.29, 1.82) is 0 Å². The number of nitrogen functional groups attached to an aromatic ring is 1. The second-order valence-corrected chi connectivity index (χ2v) is 6.84. The fourth-order valence-electron chi connectivity index (χ4n) is 1.83. The first kappa shape index (κ1) is 13.7. The fourth-order valence-corrected chi connectivity index (χ4v) is 3.89. The van der Waals surface area contributed by atoms with Gasteiger partial charge in [-0.05, 0) is 36.8 Å². The third kappa shape index (κ3) is 2.75. The Morgan fingerprint density at radius 2 is 2.00 bits per heavy atom. The molecule has 20 heavy (non-hydrogen) atoms. The Morgan fingerprint density at radius 3 is 2.70 bits per heavy atom. The number of hydrogen-bond acceptors (Lipinski definition) is 5. The highest BCUT2D eigenvalue weighted by molar-refractivity contribution is 7.99. The highest BCUT2D eigenvalue weighted by Gasteiger charge is 2.11. The third-order valence-electron chi connectivity index (χ3n) is 2.80. The Morgan fingerprint density at radius 1 is 1.25 bits per heavy atom. The molecule has 6 heteroatoms. The Balaban J connectivity index is 2.05. The maximum atomic E-state index is 5.90. The van der Waals surface area contributed by atoms with Gasteiger partial charge < -0.3 is 5.73 Å². The molecule has 2 heterocycles. The lowest BCUT2D eigenvalue weighted by molar-refractivity contribution is 1.12. The SMILES string of the molecule is CCc1cc2c(Sc3ccc(Cl)cc3)nc(N)nc2s1. The first-order valence-corrected chi connectivity index (χ1v) is 8.16. The van der Waals surface area contributed by atoms with E-state index in [-0.39, 0.29) is 0 Å². The van der Waals surface area contributed by atoms with Gasteiger partial charge in [0.2, 0.25) is 5.95 Å². The van der Waals surface area contributed by atoms with Crippen LogP contribution in [-0.4, -0.2) is 9.97 Å². The van der Waals surface area contributed by atoms with Gasteiger partial charge >= 0.3 is 0 Å². The van der Waals surface area contributed by atoms with Crippen molar-refractivity contribution in [2.75, 3.05) is 5.73 Å². The highest BCUT2D eigenvalue weighted by Crippen LogP contribution is 2.36. The number of hydrogen-bond donors (Lipinski definition) is 1. The summed E-state index contributed by atoms with van der Waals surface area (Å²) in [4.78, 5) is 12.0. The molecule has 0 radical (unpaired) electrons. The first-order chi connectivity index (χ1) is 9.65. The molecule has 0 amide bonds. The molecule has 3 aromatic rings. The van der Waals surface area contributed by atoms with Crippen molar-refractivity contribution in [3.8, 4) is 0 Å². The molecule has 0 unspecified atom stereocenters. The van der Waals surface area contributed by atoms with E-state index in [4.69, 9.17) is 17.3 Å². The smallest absolute Gasteiger partial charge is 0.222 e. The molecule has 3 rings (SSSR count). The summed E-state index contributed by atoms with van der Waals surface area (Å²) < 4.78 is 0. The normalized spacial score (nSPS) is 11.1. The second kappa shape index (κ2) is 5.60. The molecule has 3 nitrogen and oxygen atoms in total. The lowest BCUT2D eigenvalue weighted by atomic mass is 10.3. The molecule has 0 aliphatic rings. The van der Waals surface area contributed by atoms with Gasteiger partial charge in [0.05, 0.1) is 0 Å². The summed E-state index contributed by atoms with van der Waals surface area (Å²) in [5.74, 6) is 0.318. The number of benzene rings is 1. The van der Waals surface area contributed by atoms with E-state index in [9.17, 15) is 0 Å². The van der Waals surface area contributed by atoms with Gasteiger partial charge in [-0.2, -0.15) is 0 Å². The molecule has 0 bridgehead atoms. The topological polar surface area (TPSA) is 51.8 Å². The summed E-state index contributed by atoms with van der Waals surface area (Å²) in [7, 11) is 0. The van der Waals surface area contributed by atoms with E-state index >= 15 is 0 Å². The van der Waals surface area contributed by atoms with Crippen molar-refractivity contribution < 1.29 is 0 Å². The minimum absolute atomic E-state index is 0.318.